The number of hydrogen-bond donors (Lipinski definition) is 1. The molecule has 2 aliphatic heterocycles. The maximum Gasteiger partial charge on any atom is 0.242 e. The van der Waals surface area contributed by atoms with E-state index in [1.807, 2.05) is 30.1 Å². The maximum absolute atomic E-state index is 12.9. The Bertz CT molecular complexity index is 747. The third-order valence-electron chi connectivity index (χ3n) is 5.73. The number of fused-ring (bicyclic) bond motifs is 3. The number of aryl methyl sites for hydroxylation is 1. The van der Waals surface area contributed by atoms with Crippen LogP contribution in [0.25, 0.3) is 11.0 Å². The monoisotopic (exact) mass is 362 g/mol. The van der Waals surface area contributed by atoms with Crippen LogP contribution in [0.5, 0.6) is 0 Å². The van der Waals surface area contributed by atoms with Crippen molar-refractivity contribution in [3.8, 4) is 0 Å². The van der Waals surface area contributed by atoms with Crippen molar-refractivity contribution in [1.82, 2.24) is 19.8 Å². The van der Waals surface area contributed by atoms with Crippen LogP contribution in [0.15, 0.2) is 24.3 Å². The van der Waals surface area contributed by atoms with Gasteiger partial charge in [-0.25, -0.2) is 4.98 Å². The van der Waals surface area contributed by atoms with Gasteiger partial charge < -0.3 is 14.8 Å². The number of benzene rings is 1. The molecular formula is C19H27ClN4O. The molecule has 1 aromatic heterocycles. The lowest BCUT2D eigenvalue weighted by molar-refractivity contribution is -0.133. The van der Waals surface area contributed by atoms with Crippen LogP contribution in [0.4, 0.5) is 0 Å². The van der Waals surface area contributed by atoms with Crippen molar-refractivity contribution in [3.63, 3.8) is 0 Å². The number of para-hydroxylation sites is 2. The minimum atomic E-state index is 0. The minimum absolute atomic E-state index is 0. The van der Waals surface area contributed by atoms with Gasteiger partial charge in [-0.2, -0.15) is 0 Å². The molecule has 0 spiro atoms. The Morgan fingerprint density at radius 2 is 1.96 bits per heavy atom. The fraction of sp³-hybridized carbons (Fsp3) is 0.579. The zero-order valence-electron chi connectivity index (χ0n) is 14.9. The quantitative estimate of drug-likeness (QED) is 0.909. The molecule has 2 unspecified atom stereocenters. The normalized spacial score (nSPS) is 25.0. The fourth-order valence-electron chi connectivity index (χ4n) is 4.37. The molecule has 2 fully saturated rings. The van der Waals surface area contributed by atoms with E-state index in [2.05, 4.69) is 27.9 Å². The molecule has 4 rings (SSSR count). The van der Waals surface area contributed by atoms with Crippen molar-refractivity contribution in [2.45, 2.75) is 63.7 Å². The largest absolute Gasteiger partial charge is 0.341 e. The van der Waals surface area contributed by atoms with Crippen molar-refractivity contribution in [3.05, 3.63) is 30.1 Å². The fourth-order valence-corrected chi connectivity index (χ4v) is 4.37. The summed E-state index contributed by atoms with van der Waals surface area (Å²) in [6.45, 7) is 2.48. The van der Waals surface area contributed by atoms with Crippen LogP contribution in [0.3, 0.4) is 0 Å². The van der Waals surface area contributed by atoms with Crippen molar-refractivity contribution in [2.24, 2.45) is 0 Å². The van der Waals surface area contributed by atoms with Gasteiger partial charge in [0.2, 0.25) is 5.91 Å². The average molecular weight is 363 g/mol. The summed E-state index contributed by atoms with van der Waals surface area (Å²) in [6, 6.07) is 9.66. The smallest absolute Gasteiger partial charge is 0.242 e. The number of aromatic nitrogens is 2. The van der Waals surface area contributed by atoms with Crippen molar-refractivity contribution in [1.29, 1.82) is 0 Å². The first-order valence-electron chi connectivity index (χ1n) is 9.11. The van der Waals surface area contributed by atoms with Gasteiger partial charge in [0.25, 0.3) is 0 Å². The number of carbonyl (C=O) groups excluding carboxylic acids is 1. The van der Waals surface area contributed by atoms with Gasteiger partial charge in [0.05, 0.1) is 11.0 Å². The number of imidazole rings is 1. The number of nitrogens with zero attached hydrogens (tertiary/aromatic N) is 3. The third-order valence-corrected chi connectivity index (χ3v) is 5.73. The van der Waals surface area contributed by atoms with Crippen LogP contribution in [0.2, 0.25) is 0 Å². The summed E-state index contributed by atoms with van der Waals surface area (Å²) in [5, 5.41) is 3.65. The molecule has 1 aromatic carbocycles. The molecule has 0 radical (unpaired) electrons. The van der Waals surface area contributed by atoms with E-state index in [4.69, 9.17) is 0 Å². The Kier molecular flexibility index (Phi) is 5.35. The number of likely N-dealkylation sites (N-methyl/N-ethyl adjacent to an activating group) is 1. The number of rotatable bonds is 4. The molecule has 0 aliphatic carbocycles. The second-order valence-electron chi connectivity index (χ2n) is 7.22. The summed E-state index contributed by atoms with van der Waals surface area (Å²) in [6.07, 6.45) is 5.53. The first-order valence-corrected chi connectivity index (χ1v) is 9.11. The maximum atomic E-state index is 12.9. The predicted molar refractivity (Wildman–Crippen MR) is 102 cm³/mol. The highest BCUT2D eigenvalue weighted by atomic mass is 35.5. The Morgan fingerprint density at radius 3 is 2.64 bits per heavy atom. The average Bonchev–Trinajstić information content (AvgIpc) is 3.13. The van der Waals surface area contributed by atoms with Crippen molar-refractivity contribution in [2.75, 3.05) is 7.05 Å². The molecule has 0 saturated carbocycles. The van der Waals surface area contributed by atoms with Crippen LogP contribution in [-0.2, 0) is 17.8 Å². The van der Waals surface area contributed by atoms with Gasteiger partial charge in [0.1, 0.15) is 12.4 Å². The van der Waals surface area contributed by atoms with Crippen LogP contribution in [0.1, 0.15) is 38.4 Å². The first kappa shape index (κ1) is 18.2. The standard InChI is InChI=1S/C19H26N4O.ClH/c1-3-18-21-16-6-4-5-7-17(16)23(18)12-19(24)22(2)15-10-13-8-9-14(11-15)20-13;/h4-7,13-15,20H,3,8-12H2,1-2H3;1H. The number of halogens is 1. The van der Waals surface area contributed by atoms with E-state index in [1.165, 1.54) is 12.8 Å². The third kappa shape index (κ3) is 3.40. The molecule has 136 valence electrons. The van der Waals surface area contributed by atoms with E-state index in [0.717, 1.165) is 36.1 Å². The summed E-state index contributed by atoms with van der Waals surface area (Å²) < 4.78 is 2.09. The number of carbonyl (C=O) groups is 1. The molecule has 1 N–H and O–H groups in total. The lowest BCUT2D eigenvalue weighted by Crippen LogP contribution is -2.49. The molecule has 25 heavy (non-hydrogen) atoms. The van der Waals surface area contributed by atoms with E-state index < -0.39 is 0 Å². The van der Waals surface area contributed by atoms with E-state index in [9.17, 15) is 4.79 Å². The van der Waals surface area contributed by atoms with Gasteiger partial charge in [-0.3, -0.25) is 4.79 Å². The van der Waals surface area contributed by atoms with E-state index in [-0.39, 0.29) is 18.3 Å². The summed E-state index contributed by atoms with van der Waals surface area (Å²) in [4.78, 5) is 19.6. The van der Waals surface area contributed by atoms with Gasteiger partial charge in [-0.1, -0.05) is 19.1 Å². The van der Waals surface area contributed by atoms with Crippen LogP contribution >= 0.6 is 12.4 Å². The molecule has 2 aromatic rings. The van der Waals surface area contributed by atoms with E-state index in [1.54, 1.807) is 0 Å². The zero-order valence-corrected chi connectivity index (χ0v) is 15.8. The Morgan fingerprint density at radius 1 is 1.28 bits per heavy atom. The van der Waals surface area contributed by atoms with Gasteiger partial charge in [0.15, 0.2) is 0 Å². The summed E-state index contributed by atoms with van der Waals surface area (Å²) in [5.41, 5.74) is 2.03. The molecule has 2 aliphatic rings. The SMILES string of the molecule is CCc1nc2ccccc2n1CC(=O)N(C)C1CC2CCC(C1)N2.Cl. The second-order valence-corrected chi connectivity index (χ2v) is 7.22. The number of piperidine rings is 1. The topological polar surface area (TPSA) is 50.2 Å². The number of amides is 1. The first-order chi connectivity index (χ1) is 11.7. The molecule has 2 atom stereocenters. The second kappa shape index (κ2) is 7.34. The summed E-state index contributed by atoms with van der Waals surface area (Å²) >= 11 is 0. The van der Waals surface area contributed by atoms with Gasteiger partial charge >= 0.3 is 0 Å². The van der Waals surface area contributed by atoms with E-state index >= 15 is 0 Å². The molecule has 2 saturated heterocycles. The lowest BCUT2D eigenvalue weighted by Gasteiger charge is -2.35. The van der Waals surface area contributed by atoms with Gasteiger partial charge in [-0.15, -0.1) is 12.4 Å². The highest BCUT2D eigenvalue weighted by Crippen LogP contribution is 2.29. The molecule has 1 amide bonds. The molecule has 2 bridgehead atoms. The Hall–Kier alpha value is -1.59. The van der Waals surface area contributed by atoms with Crippen molar-refractivity contribution >= 4 is 29.3 Å². The van der Waals surface area contributed by atoms with Crippen molar-refractivity contribution < 1.29 is 4.79 Å². The lowest BCUT2D eigenvalue weighted by atomic mass is 9.98. The molecular weight excluding hydrogens is 336 g/mol. The van der Waals surface area contributed by atoms with Crippen LogP contribution in [0, 0.1) is 0 Å². The Balaban J connectivity index is 0.00000182. The highest BCUT2D eigenvalue weighted by molar-refractivity contribution is 5.85. The van der Waals surface area contributed by atoms with Gasteiger partial charge in [0, 0.05) is 31.6 Å². The van der Waals surface area contributed by atoms with Crippen LogP contribution in [-0.4, -0.2) is 45.5 Å². The van der Waals surface area contributed by atoms with Crippen LogP contribution < -0.4 is 5.32 Å². The predicted octanol–water partition coefficient (Wildman–Crippen LogP) is 2.76. The molecule has 3 heterocycles. The van der Waals surface area contributed by atoms with Gasteiger partial charge in [-0.05, 0) is 37.8 Å². The molecule has 5 nitrogen and oxygen atoms in total. The number of hydrogen-bond acceptors (Lipinski definition) is 3. The minimum Gasteiger partial charge on any atom is -0.341 e. The summed E-state index contributed by atoms with van der Waals surface area (Å²) in [7, 11) is 1.97. The zero-order chi connectivity index (χ0) is 16.7. The Labute approximate surface area is 155 Å². The molecule has 6 heteroatoms. The van der Waals surface area contributed by atoms with E-state index in [0.29, 0.717) is 24.7 Å². The summed E-state index contributed by atoms with van der Waals surface area (Å²) in [5.74, 6) is 1.18. The highest BCUT2D eigenvalue weighted by Gasteiger charge is 2.36. The number of nitrogens with one attached hydrogen (secondary N) is 1.